The Morgan fingerprint density at radius 3 is 2.85 bits per heavy atom. The van der Waals surface area contributed by atoms with E-state index in [1.165, 1.54) is 19.3 Å². The third kappa shape index (κ3) is 2.39. The summed E-state index contributed by atoms with van der Waals surface area (Å²) in [5.74, 6) is -0.977. The first-order valence-corrected chi connectivity index (χ1v) is 5.17. The molecule has 0 aromatic heterocycles. The molecule has 0 bridgehead atoms. The van der Waals surface area contributed by atoms with Crippen LogP contribution in [0.5, 0.6) is 0 Å². The zero-order chi connectivity index (χ0) is 9.47. The monoisotopic (exact) mass is 189 g/mol. The van der Waals surface area contributed by atoms with E-state index in [2.05, 4.69) is 5.32 Å². The molecule has 0 radical (unpaired) electrons. The molecule has 0 aromatic carbocycles. The van der Waals surface area contributed by atoms with Crippen molar-refractivity contribution in [1.29, 1.82) is 0 Å². The minimum atomic E-state index is -2.55. The molecule has 2 saturated carbocycles. The Kier molecular flexibility index (Phi) is 2.30. The van der Waals surface area contributed by atoms with E-state index in [0.717, 1.165) is 25.2 Å². The van der Waals surface area contributed by atoms with Gasteiger partial charge < -0.3 is 5.32 Å². The number of rotatable bonds is 3. The summed E-state index contributed by atoms with van der Waals surface area (Å²) >= 11 is 0. The van der Waals surface area contributed by atoms with Gasteiger partial charge in [0.25, 0.3) is 5.92 Å². The summed E-state index contributed by atoms with van der Waals surface area (Å²) in [5, 5.41) is 3.00. The molecule has 2 rings (SSSR count). The van der Waals surface area contributed by atoms with Crippen LogP contribution in [0.4, 0.5) is 8.78 Å². The molecule has 1 unspecified atom stereocenters. The van der Waals surface area contributed by atoms with E-state index in [1.54, 1.807) is 0 Å². The largest absolute Gasteiger partial charge is 0.308 e. The molecule has 3 atom stereocenters. The molecule has 1 N–H and O–H groups in total. The summed E-state index contributed by atoms with van der Waals surface area (Å²) in [7, 11) is 0. The average Bonchev–Trinajstić information content (AvgIpc) is 2.77. The van der Waals surface area contributed by atoms with Crippen molar-refractivity contribution in [3.8, 4) is 0 Å². The van der Waals surface area contributed by atoms with Crippen LogP contribution in [0.1, 0.15) is 32.6 Å². The van der Waals surface area contributed by atoms with Crippen LogP contribution in [0.3, 0.4) is 0 Å². The van der Waals surface area contributed by atoms with Gasteiger partial charge in [-0.3, -0.25) is 0 Å². The second-order valence-electron chi connectivity index (χ2n) is 4.65. The highest BCUT2D eigenvalue weighted by molar-refractivity contribution is 4.98. The molecule has 0 amide bonds. The predicted octanol–water partition coefficient (Wildman–Crippen LogP) is 2.42. The van der Waals surface area contributed by atoms with E-state index < -0.39 is 5.92 Å². The van der Waals surface area contributed by atoms with Gasteiger partial charge in [-0.2, -0.15) is 0 Å². The number of fused-ring (bicyclic) bond motifs is 1. The molecule has 0 aromatic rings. The minimum absolute atomic E-state index is 0.152. The van der Waals surface area contributed by atoms with Crippen molar-refractivity contribution in [3.05, 3.63) is 0 Å². The van der Waals surface area contributed by atoms with Crippen LogP contribution < -0.4 is 5.32 Å². The summed E-state index contributed by atoms with van der Waals surface area (Å²) < 4.78 is 25.1. The molecule has 76 valence electrons. The summed E-state index contributed by atoms with van der Waals surface area (Å²) in [6.07, 6.45) is 4.91. The van der Waals surface area contributed by atoms with Crippen molar-refractivity contribution in [2.75, 3.05) is 6.54 Å². The molecule has 13 heavy (non-hydrogen) atoms. The van der Waals surface area contributed by atoms with Crippen LogP contribution in [-0.4, -0.2) is 18.5 Å². The normalized spacial score (nSPS) is 38.5. The summed E-state index contributed by atoms with van der Waals surface area (Å²) in [6.45, 7) is 0.827. The van der Waals surface area contributed by atoms with E-state index in [1.807, 2.05) is 0 Å². The molecule has 0 spiro atoms. The number of halogens is 2. The van der Waals surface area contributed by atoms with Crippen molar-refractivity contribution in [2.24, 2.45) is 11.8 Å². The molecule has 0 heterocycles. The van der Waals surface area contributed by atoms with Crippen LogP contribution >= 0.6 is 0 Å². The standard InChI is InChI=1S/C10H17F2N/c1-10(11,12)6-13-9-4-2-3-7-5-8(7)9/h7-9,13H,2-6H2,1H3/t7-,8+,9?/m0/s1. The lowest BCUT2D eigenvalue weighted by Crippen LogP contribution is -2.40. The Balaban J connectivity index is 1.75. The first kappa shape index (κ1) is 9.38. The molecule has 1 nitrogen and oxygen atoms in total. The van der Waals surface area contributed by atoms with Gasteiger partial charge in [-0.15, -0.1) is 0 Å². The first-order valence-electron chi connectivity index (χ1n) is 5.17. The van der Waals surface area contributed by atoms with Gasteiger partial charge in [-0.1, -0.05) is 12.8 Å². The predicted molar refractivity (Wildman–Crippen MR) is 47.9 cm³/mol. The van der Waals surface area contributed by atoms with Crippen molar-refractivity contribution >= 4 is 0 Å². The van der Waals surface area contributed by atoms with Gasteiger partial charge in [-0.05, 0) is 24.7 Å². The Labute approximate surface area is 77.9 Å². The van der Waals surface area contributed by atoms with Gasteiger partial charge >= 0.3 is 0 Å². The zero-order valence-electron chi connectivity index (χ0n) is 8.02. The fourth-order valence-corrected chi connectivity index (χ4v) is 2.47. The SMILES string of the molecule is CC(F)(F)CNC1CCC[C@H]2C[C@@H]12. The lowest BCUT2D eigenvalue weighted by Gasteiger charge is -2.24. The Hall–Kier alpha value is -0.180. The van der Waals surface area contributed by atoms with Crippen LogP contribution in [0.2, 0.25) is 0 Å². The third-order valence-electron chi connectivity index (χ3n) is 3.26. The maximum atomic E-state index is 12.6. The van der Waals surface area contributed by atoms with Gasteiger partial charge in [0.1, 0.15) is 0 Å². The second-order valence-corrected chi connectivity index (χ2v) is 4.65. The van der Waals surface area contributed by atoms with Crippen LogP contribution in [0.25, 0.3) is 0 Å². The highest BCUT2D eigenvalue weighted by Gasteiger charge is 2.45. The molecule has 2 aliphatic carbocycles. The van der Waals surface area contributed by atoms with Crippen molar-refractivity contribution in [2.45, 2.75) is 44.6 Å². The van der Waals surface area contributed by atoms with Crippen molar-refractivity contribution in [1.82, 2.24) is 5.32 Å². The smallest absolute Gasteiger partial charge is 0.257 e. The van der Waals surface area contributed by atoms with E-state index in [0.29, 0.717) is 6.04 Å². The van der Waals surface area contributed by atoms with Gasteiger partial charge in [0, 0.05) is 13.0 Å². The molecular weight excluding hydrogens is 172 g/mol. The maximum absolute atomic E-state index is 12.6. The number of alkyl halides is 2. The topological polar surface area (TPSA) is 12.0 Å². The highest BCUT2D eigenvalue weighted by atomic mass is 19.3. The van der Waals surface area contributed by atoms with Crippen molar-refractivity contribution in [3.63, 3.8) is 0 Å². The Bertz CT molecular complexity index is 188. The van der Waals surface area contributed by atoms with Crippen molar-refractivity contribution < 1.29 is 8.78 Å². The lowest BCUT2D eigenvalue weighted by molar-refractivity contribution is 0.0181. The van der Waals surface area contributed by atoms with E-state index >= 15 is 0 Å². The van der Waals surface area contributed by atoms with Gasteiger partial charge in [0.05, 0.1) is 6.54 Å². The van der Waals surface area contributed by atoms with Gasteiger partial charge in [0.2, 0.25) is 0 Å². The second kappa shape index (κ2) is 3.19. The number of hydrogen-bond acceptors (Lipinski definition) is 1. The van der Waals surface area contributed by atoms with E-state index in [9.17, 15) is 8.78 Å². The molecule has 2 aliphatic rings. The molecule has 2 fully saturated rings. The third-order valence-corrected chi connectivity index (χ3v) is 3.26. The molecule has 0 aliphatic heterocycles. The zero-order valence-corrected chi connectivity index (χ0v) is 8.02. The van der Waals surface area contributed by atoms with E-state index in [4.69, 9.17) is 0 Å². The quantitative estimate of drug-likeness (QED) is 0.719. The molecular formula is C10H17F2N. The lowest BCUT2D eigenvalue weighted by atomic mass is 9.95. The average molecular weight is 189 g/mol. The summed E-state index contributed by atoms with van der Waals surface area (Å²) in [5.41, 5.74) is 0. The Morgan fingerprint density at radius 1 is 1.38 bits per heavy atom. The summed E-state index contributed by atoms with van der Waals surface area (Å²) in [4.78, 5) is 0. The fourth-order valence-electron chi connectivity index (χ4n) is 2.47. The fraction of sp³-hybridized carbons (Fsp3) is 1.00. The minimum Gasteiger partial charge on any atom is -0.308 e. The van der Waals surface area contributed by atoms with Crippen LogP contribution in [-0.2, 0) is 0 Å². The Morgan fingerprint density at radius 2 is 2.15 bits per heavy atom. The summed E-state index contributed by atoms with van der Waals surface area (Å²) in [6, 6.07) is 0.379. The van der Waals surface area contributed by atoms with E-state index in [-0.39, 0.29) is 6.54 Å². The maximum Gasteiger partial charge on any atom is 0.257 e. The van der Waals surface area contributed by atoms with Gasteiger partial charge in [0.15, 0.2) is 0 Å². The van der Waals surface area contributed by atoms with Crippen LogP contribution in [0, 0.1) is 11.8 Å². The number of nitrogens with one attached hydrogen (secondary N) is 1. The highest BCUT2D eigenvalue weighted by Crippen LogP contribution is 2.49. The number of hydrogen-bond donors (Lipinski definition) is 1. The molecule has 3 heteroatoms. The molecule has 0 saturated heterocycles. The first-order chi connectivity index (χ1) is 6.06. The van der Waals surface area contributed by atoms with Crippen LogP contribution in [0.15, 0.2) is 0 Å². The van der Waals surface area contributed by atoms with Gasteiger partial charge in [-0.25, -0.2) is 8.78 Å².